The Balaban J connectivity index is 1.54. The van der Waals surface area contributed by atoms with Crippen molar-refractivity contribution in [2.24, 2.45) is 0 Å². The zero-order chi connectivity index (χ0) is 20.4. The average Bonchev–Trinajstić information content (AvgIpc) is 3.30. The van der Waals surface area contributed by atoms with Gasteiger partial charge in [-0.1, -0.05) is 25.3 Å². The number of benzene rings is 2. The Kier molecular flexibility index (Phi) is 4.90. The van der Waals surface area contributed by atoms with Crippen molar-refractivity contribution in [3.05, 3.63) is 48.3 Å². The molecular weight excluding hydrogens is 382 g/mol. The highest BCUT2D eigenvalue weighted by Gasteiger charge is 2.39. The molecule has 0 unspecified atom stereocenters. The maximum Gasteiger partial charge on any atom is 0.181 e. The maximum atomic E-state index is 5.76. The van der Waals surface area contributed by atoms with E-state index in [0.29, 0.717) is 13.2 Å². The SMILES string of the molecule is COc1cccc(NC2(c3nnnn3-c3ccc4c(c3)OCCO4)CCCCC2)c1. The van der Waals surface area contributed by atoms with Gasteiger partial charge in [-0.05, 0) is 47.5 Å². The second kappa shape index (κ2) is 7.85. The van der Waals surface area contributed by atoms with Crippen molar-refractivity contribution in [3.63, 3.8) is 0 Å². The summed E-state index contributed by atoms with van der Waals surface area (Å²) in [6, 6.07) is 13.8. The normalized spacial score (nSPS) is 17.4. The summed E-state index contributed by atoms with van der Waals surface area (Å²) in [5.74, 6) is 3.10. The highest BCUT2D eigenvalue weighted by Crippen LogP contribution is 2.41. The zero-order valence-electron chi connectivity index (χ0n) is 17.0. The molecule has 1 aromatic heterocycles. The molecule has 156 valence electrons. The number of nitrogens with one attached hydrogen (secondary N) is 1. The van der Waals surface area contributed by atoms with E-state index in [9.17, 15) is 0 Å². The molecule has 3 aromatic rings. The van der Waals surface area contributed by atoms with E-state index in [1.807, 2.05) is 41.1 Å². The van der Waals surface area contributed by atoms with Crippen LogP contribution in [0.1, 0.15) is 37.9 Å². The van der Waals surface area contributed by atoms with Gasteiger partial charge in [-0.25, -0.2) is 0 Å². The fraction of sp³-hybridized carbons (Fsp3) is 0.409. The molecule has 1 aliphatic carbocycles. The fourth-order valence-electron chi connectivity index (χ4n) is 4.36. The third-order valence-electron chi connectivity index (χ3n) is 5.83. The number of aromatic nitrogens is 4. The molecule has 0 atom stereocenters. The van der Waals surface area contributed by atoms with Crippen LogP contribution in [0, 0.1) is 0 Å². The van der Waals surface area contributed by atoms with Gasteiger partial charge in [0.25, 0.3) is 0 Å². The highest BCUT2D eigenvalue weighted by atomic mass is 16.6. The van der Waals surface area contributed by atoms with Crippen molar-refractivity contribution < 1.29 is 14.2 Å². The monoisotopic (exact) mass is 407 g/mol. The van der Waals surface area contributed by atoms with Crippen molar-refractivity contribution in [2.45, 2.75) is 37.6 Å². The number of fused-ring (bicyclic) bond motifs is 1. The Bertz CT molecular complexity index is 1030. The van der Waals surface area contributed by atoms with Crippen molar-refractivity contribution in [3.8, 4) is 22.9 Å². The molecule has 0 spiro atoms. The fourth-order valence-corrected chi connectivity index (χ4v) is 4.36. The smallest absolute Gasteiger partial charge is 0.181 e. The lowest BCUT2D eigenvalue weighted by Gasteiger charge is -2.37. The third kappa shape index (κ3) is 3.42. The number of ether oxygens (including phenoxy) is 3. The van der Waals surface area contributed by atoms with E-state index in [1.54, 1.807) is 7.11 Å². The summed E-state index contributed by atoms with van der Waals surface area (Å²) in [6.07, 6.45) is 5.35. The van der Waals surface area contributed by atoms with Crippen LogP contribution < -0.4 is 19.5 Å². The topological polar surface area (TPSA) is 83.3 Å². The van der Waals surface area contributed by atoms with Crippen LogP contribution in [0.15, 0.2) is 42.5 Å². The first-order valence-electron chi connectivity index (χ1n) is 10.4. The lowest BCUT2D eigenvalue weighted by Crippen LogP contribution is -2.40. The van der Waals surface area contributed by atoms with E-state index < -0.39 is 0 Å². The molecule has 0 radical (unpaired) electrons. The summed E-state index contributed by atoms with van der Waals surface area (Å²) in [4.78, 5) is 0. The molecule has 1 fully saturated rings. The molecule has 0 amide bonds. The second-order valence-corrected chi connectivity index (χ2v) is 7.74. The highest BCUT2D eigenvalue weighted by molar-refractivity contribution is 5.52. The molecule has 2 heterocycles. The van der Waals surface area contributed by atoms with Gasteiger partial charge in [0.15, 0.2) is 17.3 Å². The van der Waals surface area contributed by atoms with Gasteiger partial charge >= 0.3 is 0 Å². The molecule has 5 rings (SSSR count). The molecular formula is C22H25N5O3. The largest absolute Gasteiger partial charge is 0.497 e. The van der Waals surface area contributed by atoms with E-state index in [-0.39, 0.29) is 5.54 Å². The molecule has 2 aliphatic rings. The van der Waals surface area contributed by atoms with Crippen molar-refractivity contribution >= 4 is 5.69 Å². The quantitative estimate of drug-likeness (QED) is 0.690. The van der Waals surface area contributed by atoms with Gasteiger partial charge in [0.1, 0.15) is 19.0 Å². The summed E-state index contributed by atoms with van der Waals surface area (Å²) >= 11 is 0. The van der Waals surface area contributed by atoms with Gasteiger partial charge in [0, 0.05) is 17.8 Å². The Morgan fingerprint density at radius 3 is 2.67 bits per heavy atom. The maximum absolute atomic E-state index is 5.76. The molecule has 0 saturated heterocycles. The number of hydrogen-bond donors (Lipinski definition) is 1. The van der Waals surface area contributed by atoms with Crippen LogP contribution in [0.3, 0.4) is 0 Å². The Morgan fingerprint density at radius 2 is 1.83 bits per heavy atom. The average molecular weight is 407 g/mol. The van der Waals surface area contributed by atoms with E-state index in [2.05, 4.69) is 26.9 Å². The van der Waals surface area contributed by atoms with Gasteiger partial charge in [-0.15, -0.1) is 5.10 Å². The Morgan fingerprint density at radius 1 is 1.00 bits per heavy atom. The number of rotatable bonds is 5. The second-order valence-electron chi connectivity index (χ2n) is 7.74. The summed E-state index contributed by atoms with van der Waals surface area (Å²) < 4.78 is 18.6. The molecule has 0 bridgehead atoms. The lowest BCUT2D eigenvalue weighted by atomic mass is 9.80. The number of methoxy groups -OCH3 is 1. The van der Waals surface area contributed by atoms with Crippen LogP contribution in [0.2, 0.25) is 0 Å². The van der Waals surface area contributed by atoms with Crippen molar-refractivity contribution in [1.29, 1.82) is 0 Å². The number of hydrogen-bond acceptors (Lipinski definition) is 7. The van der Waals surface area contributed by atoms with E-state index in [4.69, 9.17) is 14.2 Å². The predicted octanol–water partition coefficient (Wildman–Crippen LogP) is 3.71. The summed E-state index contributed by atoms with van der Waals surface area (Å²) in [5, 5.41) is 16.6. The zero-order valence-corrected chi connectivity index (χ0v) is 17.0. The first-order chi connectivity index (χ1) is 14.8. The third-order valence-corrected chi connectivity index (χ3v) is 5.83. The lowest BCUT2D eigenvalue weighted by molar-refractivity contribution is 0.171. The first kappa shape index (κ1) is 18.7. The molecule has 2 aromatic carbocycles. The molecule has 8 nitrogen and oxygen atoms in total. The summed E-state index contributed by atoms with van der Waals surface area (Å²) in [5.41, 5.74) is 1.49. The van der Waals surface area contributed by atoms with Gasteiger partial charge in [-0.3, -0.25) is 0 Å². The molecule has 30 heavy (non-hydrogen) atoms. The molecule has 1 saturated carbocycles. The number of nitrogens with zero attached hydrogens (tertiary/aromatic N) is 4. The predicted molar refractivity (Wildman–Crippen MR) is 112 cm³/mol. The van der Waals surface area contributed by atoms with Crippen molar-refractivity contribution in [2.75, 3.05) is 25.6 Å². The summed E-state index contributed by atoms with van der Waals surface area (Å²) in [6.45, 7) is 1.11. The van der Waals surface area contributed by atoms with Crippen LogP contribution in [-0.2, 0) is 5.54 Å². The minimum Gasteiger partial charge on any atom is -0.497 e. The van der Waals surface area contributed by atoms with Gasteiger partial charge in [-0.2, -0.15) is 4.68 Å². The minimum absolute atomic E-state index is 0.360. The van der Waals surface area contributed by atoms with Gasteiger partial charge in [0.05, 0.1) is 18.3 Å². The van der Waals surface area contributed by atoms with Crippen LogP contribution in [0.25, 0.3) is 5.69 Å². The van der Waals surface area contributed by atoms with Crippen LogP contribution in [0.5, 0.6) is 17.2 Å². The summed E-state index contributed by atoms with van der Waals surface area (Å²) in [7, 11) is 1.68. The first-order valence-corrected chi connectivity index (χ1v) is 10.4. The molecule has 8 heteroatoms. The number of tetrazole rings is 1. The van der Waals surface area contributed by atoms with Gasteiger partial charge < -0.3 is 19.5 Å². The molecule has 1 N–H and O–H groups in total. The standard InChI is InChI=1S/C22H25N5O3/c1-28-18-7-5-6-16(14-18)23-22(10-3-2-4-11-22)21-24-25-26-27(21)17-8-9-19-20(15-17)30-13-12-29-19/h5-9,14-15,23H,2-4,10-13H2,1H3. The van der Waals surface area contributed by atoms with E-state index in [0.717, 1.165) is 60.1 Å². The van der Waals surface area contributed by atoms with Crippen LogP contribution in [-0.4, -0.2) is 40.5 Å². The Hall–Kier alpha value is -3.29. The van der Waals surface area contributed by atoms with Gasteiger partial charge in [0.2, 0.25) is 0 Å². The molecule has 1 aliphatic heterocycles. The number of anilines is 1. The minimum atomic E-state index is -0.360. The van der Waals surface area contributed by atoms with E-state index >= 15 is 0 Å². The van der Waals surface area contributed by atoms with E-state index in [1.165, 1.54) is 6.42 Å². The van der Waals surface area contributed by atoms with Crippen molar-refractivity contribution in [1.82, 2.24) is 20.2 Å². The Labute approximate surface area is 175 Å². The van der Waals surface area contributed by atoms with Crippen LogP contribution >= 0.6 is 0 Å². The van der Waals surface area contributed by atoms with Crippen LogP contribution in [0.4, 0.5) is 5.69 Å².